The van der Waals surface area contributed by atoms with Crippen LogP contribution >= 0.6 is 11.6 Å². The number of hydrogen-bond donors (Lipinski definition) is 1. The Bertz CT molecular complexity index is 1060. The Kier molecular flexibility index (Phi) is 7.95. The van der Waals surface area contributed by atoms with E-state index >= 15 is 0 Å². The molecule has 1 aromatic heterocycles. The highest BCUT2D eigenvalue weighted by Crippen LogP contribution is 2.35. The summed E-state index contributed by atoms with van der Waals surface area (Å²) in [5, 5.41) is 3.30. The summed E-state index contributed by atoms with van der Waals surface area (Å²) in [6.45, 7) is 7.94. The van der Waals surface area contributed by atoms with Gasteiger partial charge >= 0.3 is 0 Å². The smallest absolute Gasteiger partial charge is 0.253 e. The zero-order valence-corrected chi connectivity index (χ0v) is 19.1. The number of carbonyl (C=O) groups is 2. The number of nitrogens with zero attached hydrogens (tertiary/aromatic N) is 3. The van der Waals surface area contributed by atoms with Gasteiger partial charge in [0, 0.05) is 25.2 Å². The fourth-order valence-electron chi connectivity index (χ4n) is 3.19. The van der Waals surface area contributed by atoms with Crippen molar-refractivity contribution in [3.8, 4) is 11.3 Å². The van der Waals surface area contributed by atoms with Crippen LogP contribution in [0.5, 0.6) is 0 Å². The number of nitrogens with one attached hydrogen (secondary N) is 1. The summed E-state index contributed by atoms with van der Waals surface area (Å²) >= 11 is 6.51. The van der Waals surface area contributed by atoms with Crippen LogP contribution < -0.4 is 10.2 Å². The van der Waals surface area contributed by atoms with Crippen LogP contribution in [0.1, 0.15) is 37.0 Å². The maximum Gasteiger partial charge on any atom is 0.253 e. The van der Waals surface area contributed by atoms with E-state index in [2.05, 4.69) is 22.0 Å². The lowest BCUT2D eigenvalue weighted by atomic mass is 10.1. The maximum atomic E-state index is 12.4. The second-order valence-corrected chi connectivity index (χ2v) is 8.10. The quantitative estimate of drug-likeness (QED) is 0.428. The highest BCUT2D eigenvalue weighted by molar-refractivity contribution is 6.34. The molecular formula is C25H27ClN4O2. The first kappa shape index (κ1) is 23.4. The number of allylic oxidation sites excluding steroid dienone is 3. The number of halogens is 1. The Labute approximate surface area is 193 Å². The normalized spacial score (nSPS) is 13.8. The molecule has 166 valence electrons. The molecule has 1 fully saturated rings. The predicted molar refractivity (Wildman–Crippen MR) is 130 cm³/mol. The number of aromatic nitrogens is 1. The third-order valence-electron chi connectivity index (χ3n) is 5.19. The third kappa shape index (κ3) is 6.14. The number of carbonyl (C=O) groups excluding carboxylic acids is 2. The van der Waals surface area contributed by atoms with Crippen LogP contribution in [0, 0.1) is 5.92 Å². The lowest BCUT2D eigenvalue weighted by Crippen LogP contribution is -2.30. The van der Waals surface area contributed by atoms with Gasteiger partial charge in [-0.25, -0.2) is 0 Å². The molecule has 0 spiro atoms. The topological polar surface area (TPSA) is 74.7 Å². The molecule has 32 heavy (non-hydrogen) atoms. The Hall–Kier alpha value is -3.25. The molecule has 0 radical (unpaired) electrons. The number of amides is 2. The van der Waals surface area contributed by atoms with Gasteiger partial charge in [-0.15, -0.1) is 0 Å². The van der Waals surface area contributed by atoms with Crippen molar-refractivity contribution in [3.63, 3.8) is 0 Å². The van der Waals surface area contributed by atoms with E-state index in [0.29, 0.717) is 40.1 Å². The SMILES string of the molecule is C=N/C(=C\C=C/C)CNC(=O)c1ccc(-c2ccc(N(CC3CC3)C(C)=O)c(Cl)c2)nc1. The van der Waals surface area contributed by atoms with Crippen LogP contribution in [0.15, 0.2) is 65.4 Å². The molecule has 6 nitrogen and oxygen atoms in total. The van der Waals surface area contributed by atoms with Crippen molar-refractivity contribution < 1.29 is 9.59 Å². The molecule has 0 bridgehead atoms. The van der Waals surface area contributed by atoms with Gasteiger partial charge in [0.25, 0.3) is 5.91 Å². The van der Waals surface area contributed by atoms with E-state index < -0.39 is 0 Å². The average molecular weight is 451 g/mol. The standard InChI is InChI=1S/C25H27ClN4O2/c1-4-5-6-21(27-3)15-29-25(32)20-9-11-23(28-14-20)19-10-12-24(22(26)13-19)30(17(2)31)16-18-7-8-18/h4-6,9-14,18H,3,7-8,15-16H2,1-2H3,(H,29,32)/b5-4-,21-6-. The van der Waals surface area contributed by atoms with Crippen LogP contribution in [0.3, 0.4) is 0 Å². The maximum absolute atomic E-state index is 12.4. The molecule has 1 N–H and O–H groups in total. The molecule has 1 heterocycles. The number of benzene rings is 1. The van der Waals surface area contributed by atoms with E-state index in [0.717, 1.165) is 18.4 Å². The van der Waals surface area contributed by atoms with Crippen LogP contribution in [0.2, 0.25) is 5.02 Å². The Morgan fingerprint density at radius 2 is 2.09 bits per heavy atom. The van der Waals surface area contributed by atoms with Crippen molar-refractivity contribution >= 4 is 35.8 Å². The Morgan fingerprint density at radius 1 is 1.31 bits per heavy atom. The largest absolute Gasteiger partial charge is 0.346 e. The monoisotopic (exact) mass is 450 g/mol. The predicted octanol–water partition coefficient (Wildman–Crippen LogP) is 5.06. The van der Waals surface area contributed by atoms with Crippen molar-refractivity contribution in [1.29, 1.82) is 0 Å². The van der Waals surface area contributed by atoms with Crippen molar-refractivity contribution in [2.45, 2.75) is 26.7 Å². The first-order valence-electron chi connectivity index (χ1n) is 10.5. The van der Waals surface area contributed by atoms with Crippen molar-refractivity contribution in [2.75, 3.05) is 18.0 Å². The number of hydrogen-bond acceptors (Lipinski definition) is 4. The molecule has 3 rings (SSSR count). The minimum atomic E-state index is -0.246. The molecule has 1 saturated carbocycles. The summed E-state index contributed by atoms with van der Waals surface area (Å²) in [6.07, 6.45) is 9.34. The van der Waals surface area contributed by atoms with Crippen LogP contribution in [0.25, 0.3) is 11.3 Å². The van der Waals surface area contributed by atoms with E-state index in [-0.39, 0.29) is 18.4 Å². The summed E-state index contributed by atoms with van der Waals surface area (Å²) in [5.74, 6) is 0.298. The molecule has 0 saturated heterocycles. The highest BCUT2D eigenvalue weighted by atomic mass is 35.5. The van der Waals surface area contributed by atoms with Crippen LogP contribution in [0.4, 0.5) is 5.69 Å². The van der Waals surface area contributed by atoms with E-state index in [4.69, 9.17) is 11.6 Å². The zero-order valence-electron chi connectivity index (χ0n) is 18.3. The molecule has 7 heteroatoms. The van der Waals surface area contributed by atoms with E-state index in [1.54, 1.807) is 36.1 Å². The summed E-state index contributed by atoms with van der Waals surface area (Å²) in [5.41, 5.74) is 3.32. The van der Waals surface area contributed by atoms with Crippen LogP contribution in [-0.4, -0.2) is 36.6 Å². The third-order valence-corrected chi connectivity index (χ3v) is 5.49. The van der Waals surface area contributed by atoms with Gasteiger partial charge in [-0.1, -0.05) is 29.8 Å². The second-order valence-electron chi connectivity index (χ2n) is 7.70. The van der Waals surface area contributed by atoms with Gasteiger partial charge in [0.1, 0.15) is 0 Å². The van der Waals surface area contributed by atoms with Gasteiger partial charge in [-0.05, 0) is 62.7 Å². The lowest BCUT2D eigenvalue weighted by molar-refractivity contribution is -0.116. The molecule has 1 aromatic carbocycles. The van der Waals surface area contributed by atoms with Gasteiger partial charge in [-0.3, -0.25) is 19.6 Å². The van der Waals surface area contributed by atoms with E-state index in [1.165, 1.54) is 6.20 Å². The van der Waals surface area contributed by atoms with Crippen molar-refractivity contribution in [1.82, 2.24) is 10.3 Å². The van der Waals surface area contributed by atoms with E-state index in [9.17, 15) is 9.59 Å². The van der Waals surface area contributed by atoms with Gasteiger partial charge < -0.3 is 10.2 Å². The summed E-state index contributed by atoms with van der Waals surface area (Å²) in [7, 11) is 0. The molecule has 2 amide bonds. The molecule has 0 aliphatic heterocycles. The zero-order chi connectivity index (χ0) is 23.1. The molecule has 0 atom stereocenters. The summed E-state index contributed by atoms with van der Waals surface area (Å²) < 4.78 is 0. The molecule has 1 aliphatic carbocycles. The highest BCUT2D eigenvalue weighted by Gasteiger charge is 2.27. The molecule has 1 aliphatic rings. The van der Waals surface area contributed by atoms with Crippen molar-refractivity contribution in [2.24, 2.45) is 10.9 Å². The van der Waals surface area contributed by atoms with Gasteiger partial charge in [0.05, 0.1) is 34.2 Å². The number of pyridine rings is 1. The summed E-state index contributed by atoms with van der Waals surface area (Å²) in [6, 6.07) is 9.03. The van der Waals surface area contributed by atoms with Gasteiger partial charge in [0.2, 0.25) is 5.91 Å². The second kappa shape index (κ2) is 10.9. The Balaban J connectivity index is 1.70. The minimum Gasteiger partial charge on any atom is -0.346 e. The fraction of sp³-hybridized carbons (Fsp3) is 0.280. The number of anilines is 1. The van der Waals surface area contributed by atoms with Gasteiger partial charge in [0.15, 0.2) is 0 Å². The number of rotatable bonds is 9. The van der Waals surface area contributed by atoms with Crippen molar-refractivity contribution in [3.05, 3.63) is 71.0 Å². The lowest BCUT2D eigenvalue weighted by Gasteiger charge is -2.22. The first-order valence-corrected chi connectivity index (χ1v) is 10.9. The number of aliphatic imine (C=N–C) groups is 1. The van der Waals surface area contributed by atoms with Gasteiger partial charge in [-0.2, -0.15) is 0 Å². The molecule has 2 aromatic rings. The fourth-order valence-corrected chi connectivity index (χ4v) is 3.47. The average Bonchev–Trinajstić information content (AvgIpc) is 3.62. The first-order chi connectivity index (χ1) is 15.4. The van der Waals surface area contributed by atoms with E-state index in [1.807, 2.05) is 31.2 Å². The molecular weight excluding hydrogens is 424 g/mol. The Morgan fingerprint density at radius 3 is 2.66 bits per heavy atom. The van der Waals surface area contributed by atoms with Crippen LogP contribution in [-0.2, 0) is 4.79 Å². The minimum absolute atomic E-state index is 0.0181. The summed E-state index contributed by atoms with van der Waals surface area (Å²) in [4.78, 5) is 34.5. The molecule has 0 unspecified atom stereocenters.